The number of methoxy groups -OCH3 is 1. The maximum Gasteiger partial charge on any atom is 0.229 e. The van der Waals surface area contributed by atoms with Crippen LogP contribution < -0.4 is 10.1 Å². The molecule has 0 saturated carbocycles. The van der Waals surface area contributed by atoms with E-state index in [1.165, 1.54) is 0 Å². The molecule has 1 atom stereocenters. The average molecular weight is 492 g/mol. The van der Waals surface area contributed by atoms with Crippen molar-refractivity contribution in [1.82, 2.24) is 14.8 Å². The van der Waals surface area contributed by atoms with Crippen molar-refractivity contribution < 1.29 is 14.3 Å². The Morgan fingerprint density at radius 3 is 2.61 bits per heavy atom. The molecule has 194 valence electrons. The molecule has 0 aliphatic carbocycles. The Labute approximate surface area is 215 Å². The molecule has 1 aliphatic heterocycles. The van der Waals surface area contributed by atoms with Crippen LogP contribution in [-0.4, -0.2) is 54.3 Å². The molecule has 1 fully saturated rings. The molecule has 6 heteroatoms. The molecular formula is C30H41N3O3. The van der Waals surface area contributed by atoms with Crippen LogP contribution in [0.1, 0.15) is 50.8 Å². The third-order valence-electron chi connectivity index (χ3n) is 7.06. The predicted octanol–water partition coefficient (Wildman–Crippen LogP) is 5.18. The second-order valence-electron chi connectivity index (χ2n) is 9.99. The first-order chi connectivity index (χ1) is 17.6. The minimum Gasteiger partial charge on any atom is -0.486 e. The molecule has 36 heavy (non-hydrogen) atoms. The van der Waals surface area contributed by atoms with Crippen molar-refractivity contribution in [3.05, 3.63) is 65.9 Å². The molecule has 0 unspecified atom stereocenters. The van der Waals surface area contributed by atoms with E-state index in [0.29, 0.717) is 13.0 Å². The van der Waals surface area contributed by atoms with Crippen LogP contribution >= 0.6 is 0 Å². The average Bonchev–Trinajstić information content (AvgIpc) is 3.18. The Balaban J connectivity index is 1.68. The maximum atomic E-state index is 13.9. The lowest BCUT2D eigenvalue weighted by Gasteiger charge is -2.38. The molecule has 2 aromatic carbocycles. The minimum atomic E-state index is 0.149. The zero-order chi connectivity index (χ0) is 25.3. The molecule has 1 saturated heterocycles. The van der Waals surface area contributed by atoms with Crippen LogP contribution in [0.5, 0.6) is 5.75 Å². The van der Waals surface area contributed by atoms with E-state index in [1.54, 1.807) is 7.11 Å². The summed E-state index contributed by atoms with van der Waals surface area (Å²) in [5, 5.41) is 4.54. The van der Waals surface area contributed by atoms with Gasteiger partial charge in [0.05, 0.1) is 17.6 Å². The van der Waals surface area contributed by atoms with Crippen LogP contribution in [-0.2, 0) is 29.1 Å². The van der Waals surface area contributed by atoms with Gasteiger partial charge in [-0.15, -0.1) is 0 Å². The zero-order valence-electron chi connectivity index (χ0n) is 22.0. The predicted molar refractivity (Wildman–Crippen MR) is 145 cm³/mol. The van der Waals surface area contributed by atoms with Crippen LogP contribution in [0.2, 0.25) is 0 Å². The fourth-order valence-electron chi connectivity index (χ4n) is 5.38. The molecule has 0 spiro atoms. The lowest BCUT2D eigenvalue weighted by atomic mass is 10.0. The van der Waals surface area contributed by atoms with Gasteiger partial charge in [-0.25, -0.2) is 0 Å². The van der Waals surface area contributed by atoms with E-state index in [4.69, 9.17) is 9.47 Å². The molecule has 0 bridgehead atoms. The number of para-hydroxylation sites is 1. The molecule has 3 aromatic rings. The lowest BCUT2D eigenvalue weighted by Crippen LogP contribution is -2.52. The number of ether oxygens (including phenoxy) is 2. The molecule has 1 N–H and O–H groups in total. The minimum absolute atomic E-state index is 0.149. The fraction of sp³-hybridized carbons (Fsp3) is 0.500. The number of hydrogen-bond donors (Lipinski definition) is 1. The SMILES string of the molecule is COCCCCn1c(CC(=O)N(C(C)C)[C@@H]2CCCNC2)c(OCc2ccccc2)c2ccccc21. The quantitative estimate of drug-likeness (QED) is 0.355. The molecule has 4 rings (SSSR count). The normalized spacial score (nSPS) is 15.9. The lowest BCUT2D eigenvalue weighted by molar-refractivity contribution is -0.135. The summed E-state index contributed by atoms with van der Waals surface area (Å²) in [7, 11) is 1.74. The third kappa shape index (κ3) is 6.29. The highest BCUT2D eigenvalue weighted by Gasteiger charge is 2.30. The molecule has 6 nitrogen and oxygen atoms in total. The molecule has 1 aliphatic rings. The second-order valence-corrected chi connectivity index (χ2v) is 9.99. The number of piperidine rings is 1. The molecule has 2 heterocycles. The van der Waals surface area contributed by atoms with Crippen molar-refractivity contribution in [2.24, 2.45) is 0 Å². The Hall–Kier alpha value is -2.83. The summed E-state index contributed by atoms with van der Waals surface area (Å²) in [6.45, 7) is 8.18. The Morgan fingerprint density at radius 2 is 1.89 bits per heavy atom. The number of nitrogens with zero attached hydrogens (tertiary/aromatic N) is 2. The summed E-state index contributed by atoms with van der Waals surface area (Å²) in [5.74, 6) is 1.00. The van der Waals surface area contributed by atoms with E-state index >= 15 is 0 Å². The first-order valence-electron chi connectivity index (χ1n) is 13.4. The fourth-order valence-corrected chi connectivity index (χ4v) is 5.38. The van der Waals surface area contributed by atoms with E-state index in [-0.39, 0.29) is 18.0 Å². The van der Waals surface area contributed by atoms with Crippen LogP contribution in [0.15, 0.2) is 54.6 Å². The second kappa shape index (κ2) is 12.9. The van der Waals surface area contributed by atoms with Gasteiger partial charge in [0.1, 0.15) is 12.4 Å². The van der Waals surface area contributed by atoms with Gasteiger partial charge in [0.2, 0.25) is 5.91 Å². The number of aryl methyl sites for hydroxylation is 1. The Bertz CT molecular complexity index is 1100. The smallest absolute Gasteiger partial charge is 0.229 e. The zero-order valence-corrected chi connectivity index (χ0v) is 22.0. The number of fused-ring (bicyclic) bond motifs is 1. The Kier molecular flexibility index (Phi) is 9.42. The van der Waals surface area contributed by atoms with E-state index in [2.05, 4.69) is 59.0 Å². The summed E-state index contributed by atoms with van der Waals surface area (Å²) < 4.78 is 14.1. The summed E-state index contributed by atoms with van der Waals surface area (Å²) in [5.41, 5.74) is 3.21. The number of aromatic nitrogens is 1. The van der Waals surface area contributed by atoms with E-state index < -0.39 is 0 Å². The first-order valence-corrected chi connectivity index (χ1v) is 13.4. The van der Waals surface area contributed by atoms with Crippen LogP contribution in [0.4, 0.5) is 0 Å². The highest BCUT2D eigenvalue weighted by molar-refractivity contribution is 5.91. The third-order valence-corrected chi connectivity index (χ3v) is 7.06. The van der Waals surface area contributed by atoms with E-state index in [9.17, 15) is 4.79 Å². The van der Waals surface area contributed by atoms with Crippen molar-refractivity contribution in [2.75, 3.05) is 26.8 Å². The molecule has 1 aromatic heterocycles. The van der Waals surface area contributed by atoms with Gasteiger partial charge in [-0.1, -0.05) is 42.5 Å². The van der Waals surface area contributed by atoms with E-state index in [1.807, 2.05) is 24.3 Å². The van der Waals surface area contributed by atoms with Crippen LogP contribution in [0.3, 0.4) is 0 Å². The van der Waals surface area contributed by atoms with E-state index in [0.717, 1.165) is 79.8 Å². The first kappa shape index (κ1) is 26.2. The van der Waals surface area contributed by atoms with Crippen molar-refractivity contribution in [2.45, 2.75) is 71.2 Å². The summed E-state index contributed by atoms with van der Waals surface area (Å²) in [4.78, 5) is 16.0. The van der Waals surface area contributed by atoms with Gasteiger partial charge < -0.3 is 24.3 Å². The van der Waals surface area contributed by atoms with Crippen molar-refractivity contribution in [3.8, 4) is 5.75 Å². The molecule has 0 radical (unpaired) electrons. The van der Waals surface area contributed by atoms with Gasteiger partial charge in [0.15, 0.2) is 0 Å². The number of benzene rings is 2. The number of amides is 1. The topological polar surface area (TPSA) is 55.7 Å². The van der Waals surface area contributed by atoms with Gasteiger partial charge >= 0.3 is 0 Å². The number of hydrogen-bond acceptors (Lipinski definition) is 4. The van der Waals surface area contributed by atoms with Crippen molar-refractivity contribution in [3.63, 3.8) is 0 Å². The summed E-state index contributed by atoms with van der Waals surface area (Å²) in [6.07, 6.45) is 4.44. The number of rotatable bonds is 12. The largest absolute Gasteiger partial charge is 0.486 e. The summed E-state index contributed by atoms with van der Waals surface area (Å²) in [6, 6.07) is 19.0. The standard InChI is InChI=1S/C30H41N3O3/c1-23(2)33(25-14-11-17-31-21-25)29(34)20-28-30(36-22-24-12-5-4-6-13-24)26-15-7-8-16-27(26)32(28)18-9-10-19-35-3/h4-8,12-13,15-16,23,25,31H,9-11,14,17-22H2,1-3H3/t25-/m1/s1. The number of carbonyl (C=O) groups excluding carboxylic acids is 1. The van der Waals surface area contributed by atoms with Crippen molar-refractivity contribution >= 4 is 16.8 Å². The van der Waals surface area contributed by atoms with Gasteiger partial charge in [0, 0.05) is 44.3 Å². The van der Waals surface area contributed by atoms with Gasteiger partial charge in [-0.2, -0.15) is 0 Å². The number of unbranched alkanes of at least 4 members (excludes halogenated alkanes) is 1. The maximum absolute atomic E-state index is 13.9. The monoisotopic (exact) mass is 491 g/mol. The van der Waals surface area contributed by atoms with Gasteiger partial charge in [-0.3, -0.25) is 4.79 Å². The molecular weight excluding hydrogens is 450 g/mol. The Morgan fingerprint density at radius 1 is 1.11 bits per heavy atom. The highest BCUT2D eigenvalue weighted by Crippen LogP contribution is 2.35. The van der Waals surface area contributed by atoms with Crippen LogP contribution in [0.25, 0.3) is 10.9 Å². The number of carbonyl (C=O) groups is 1. The van der Waals surface area contributed by atoms with Gasteiger partial charge in [-0.05, 0) is 63.8 Å². The van der Waals surface area contributed by atoms with Crippen molar-refractivity contribution in [1.29, 1.82) is 0 Å². The highest BCUT2D eigenvalue weighted by atomic mass is 16.5. The molecule has 1 amide bonds. The number of nitrogens with one attached hydrogen (secondary N) is 1. The summed E-state index contributed by atoms with van der Waals surface area (Å²) >= 11 is 0. The van der Waals surface area contributed by atoms with Gasteiger partial charge in [0.25, 0.3) is 0 Å². The van der Waals surface area contributed by atoms with Crippen LogP contribution in [0, 0.1) is 0 Å².